The van der Waals surface area contributed by atoms with Gasteiger partial charge in [-0.2, -0.15) is 0 Å². The van der Waals surface area contributed by atoms with Crippen LogP contribution in [0.1, 0.15) is 37.6 Å². The molecular weight excluding hydrogens is 574 g/mol. The third kappa shape index (κ3) is 4.69. The van der Waals surface area contributed by atoms with Gasteiger partial charge in [0.2, 0.25) is 5.91 Å². The van der Waals surface area contributed by atoms with E-state index >= 15 is 0 Å². The highest BCUT2D eigenvalue weighted by atomic mass is 32.2. The van der Waals surface area contributed by atoms with Crippen molar-refractivity contribution in [1.82, 2.24) is 14.3 Å². The van der Waals surface area contributed by atoms with Crippen molar-refractivity contribution >= 4 is 49.6 Å². The highest BCUT2D eigenvalue weighted by Gasteiger charge is 2.66. The molecular formula is C27H29N3O9S2. The van der Waals surface area contributed by atoms with Crippen LogP contribution in [0.5, 0.6) is 5.75 Å². The molecule has 0 spiro atoms. The van der Waals surface area contributed by atoms with Crippen LogP contribution in [0.15, 0.2) is 47.5 Å². The Kier molecular flexibility index (Phi) is 7.20. The first-order valence-electron chi connectivity index (χ1n) is 12.9. The lowest BCUT2D eigenvalue weighted by atomic mass is 9.66. The number of aliphatic hydroxyl groups excluding tert-OH is 1. The lowest BCUT2D eigenvalue weighted by molar-refractivity contribution is -0.167. The largest absolute Gasteiger partial charge is 0.513 e. The number of benzene rings is 1. The van der Waals surface area contributed by atoms with Gasteiger partial charge in [0.1, 0.15) is 22.6 Å². The van der Waals surface area contributed by atoms with Crippen molar-refractivity contribution in [2.45, 2.75) is 50.8 Å². The molecule has 0 radical (unpaired) electrons. The summed E-state index contributed by atoms with van der Waals surface area (Å²) in [4.78, 5) is 44.1. The summed E-state index contributed by atoms with van der Waals surface area (Å²) in [6, 6.07) is 6.32. The van der Waals surface area contributed by atoms with E-state index in [0.29, 0.717) is 21.9 Å². The van der Waals surface area contributed by atoms with E-state index in [-0.39, 0.29) is 29.3 Å². The second-order valence-electron chi connectivity index (χ2n) is 10.4. The number of carbonyl (C=O) groups is 3. The second kappa shape index (κ2) is 10.3. The highest BCUT2D eigenvalue weighted by Crippen LogP contribution is 2.60. The van der Waals surface area contributed by atoms with Gasteiger partial charge >= 0.3 is 12.1 Å². The zero-order chi connectivity index (χ0) is 29.9. The van der Waals surface area contributed by atoms with Crippen LogP contribution in [-0.2, 0) is 30.6 Å². The number of β-lactam (4-membered cyclic amide) rings is 1. The molecule has 4 atom stereocenters. The van der Waals surface area contributed by atoms with Crippen molar-refractivity contribution in [2.24, 2.45) is 11.3 Å². The van der Waals surface area contributed by atoms with Gasteiger partial charge in [0.25, 0.3) is 0 Å². The van der Waals surface area contributed by atoms with Gasteiger partial charge in [0, 0.05) is 23.4 Å². The SMILES string of the molecule is CCc1ccccc1OC(=O)OCC[C@@]1(C)C(c2cn3cnc(S(C)(=O)=O)c3s2)=C(C(=O)O)N2C(=O)[C@H](C(C)O)[C@@H]21. The predicted molar refractivity (Wildman–Crippen MR) is 147 cm³/mol. The van der Waals surface area contributed by atoms with Gasteiger partial charge in [-0.1, -0.05) is 32.0 Å². The third-order valence-corrected chi connectivity index (χ3v) is 9.99. The van der Waals surface area contributed by atoms with Crippen molar-refractivity contribution in [2.75, 3.05) is 12.9 Å². The number of ether oxygens (including phenoxy) is 2. The fourth-order valence-electron chi connectivity index (χ4n) is 5.84. The Balaban J connectivity index is 1.51. The van der Waals surface area contributed by atoms with E-state index in [9.17, 15) is 33.0 Å². The summed E-state index contributed by atoms with van der Waals surface area (Å²) in [5.74, 6) is -2.38. The number of sulfone groups is 1. The third-order valence-electron chi connectivity index (χ3n) is 7.73. The average molecular weight is 604 g/mol. The van der Waals surface area contributed by atoms with E-state index in [2.05, 4.69) is 4.98 Å². The van der Waals surface area contributed by atoms with Crippen molar-refractivity contribution in [3.63, 3.8) is 0 Å². The number of rotatable bonds is 9. The molecule has 0 bridgehead atoms. The number of thiazole rings is 1. The summed E-state index contributed by atoms with van der Waals surface area (Å²) in [5, 5.41) is 20.5. The number of carbonyl (C=O) groups excluding carboxylic acids is 2. The Hall–Kier alpha value is -3.75. The van der Waals surface area contributed by atoms with Gasteiger partial charge in [0.15, 0.2) is 14.9 Å². The molecule has 2 aliphatic heterocycles. The summed E-state index contributed by atoms with van der Waals surface area (Å²) in [6.45, 7) is 4.97. The van der Waals surface area contributed by atoms with E-state index < -0.39 is 51.3 Å². The molecule has 3 aromatic rings. The molecule has 12 nitrogen and oxygen atoms in total. The number of aryl methyl sites for hydroxylation is 1. The maximum absolute atomic E-state index is 13.1. The fourth-order valence-corrected chi connectivity index (χ4v) is 8.23. The standard InChI is InChI=1S/C27H29N3O9S2/c1-5-15-8-6-7-9-16(15)39-26(35)38-11-10-27(3)19(17-12-29-13-28-22(24(29)40-17)41(4,36)37)20(25(33)34)30-21(27)18(14(2)31)23(30)32/h6-9,12-14,18,21,31H,5,10-11H2,1-4H3,(H,33,34)/t14?,18-,21-,27+/m1/s1. The van der Waals surface area contributed by atoms with Gasteiger partial charge < -0.3 is 24.6 Å². The normalized spacial score (nSPS) is 23.0. The van der Waals surface area contributed by atoms with E-state index in [1.165, 1.54) is 22.6 Å². The molecule has 1 fully saturated rings. The summed E-state index contributed by atoms with van der Waals surface area (Å²) in [7, 11) is -3.67. The maximum atomic E-state index is 13.1. The van der Waals surface area contributed by atoms with Gasteiger partial charge in [-0.25, -0.2) is 23.0 Å². The maximum Gasteiger partial charge on any atom is 0.513 e. The van der Waals surface area contributed by atoms with Crippen LogP contribution in [0.2, 0.25) is 0 Å². The quantitative estimate of drug-likeness (QED) is 0.211. The zero-order valence-corrected chi connectivity index (χ0v) is 24.4. The Morgan fingerprint density at radius 1 is 1.27 bits per heavy atom. The van der Waals surface area contributed by atoms with Crippen LogP contribution in [0, 0.1) is 11.3 Å². The summed E-state index contributed by atoms with van der Waals surface area (Å²) in [6.07, 6.45) is 2.67. The number of imidazole rings is 1. The molecule has 0 aliphatic carbocycles. The van der Waals surface area contributed by atoms with E-state index in [4.69, 9.17) is 9.47 Å². The molecule has 0 saturated carbocycles. The van der Waals surface area contributed by atoms with Crippen LogP contribution in [-0.4, -0.2) is 76.0 Å². The molecule has 1 saturated heterocycles. The second-order valence-corrected chi connectivity index (χ2v) is 13.4. The average Bonchev–Trinajstić information content (AvgIpc) is 3.52. The Morgan fingerprint density at radius 2 is 1.98 bits per heavy atom. The number of para-hydroxylation sites is 1. The number of carboxylic acids is 1. The number of aromatic nitrogens is 2. The number of carboxylic acid groups (broad SMARTS) is 1. The van der Waals surface area contributed by atoms with Crippen molar-refractivity contribution in [3.8, 4) is 5.75 Å². The van der Waals surface area contributed by atoms with Gasteiger partial charge in [-0.3, -0.25) is 9.20 Å². The molecule has 2 N–H and O–H groups in total. The number of amides is 1. The highest BCUT2D eigenvalue weighted by molar-refractivity contribution is 7.91. The fraction of sp³-hybridized carbons (Fsp3) is 0.407. The molecule has 41 heavy (non-hydrogen) atoms. The molecule has 4 heterocycles. The first-order valence-corrected chi connectivity index (χ1v) is 15.6. The number of hydrogen-bond donors (Lipinski definition) is 2. The minimum Gasteiger partial charge on any atom is -0.477 e. The minimum atomic E-state index is -3.67. The Morgan fingerprint density at radius 3 is 2.61 bits per heavy atom. The first-order chi connectivity index (χ1) is 19.3. The number of fused-ring (bicyclic) bond motifs is 2. The van der Waals surface area contributed by atoms with Crippen LogP contribution in [0.3, 0.4) is 0 Å². The summed E-state index contributed by atoms with van der Waals surface area (Å²) in [5.41, 5.74) is -0.235. The van der Waals surface area contributed by atoms with Crippen LogP contribution >= 0.6 is 11.3 Å². The molecule has 14 heteroatoms. The van der Waals surface area contributed by atoms with Gasteiger partial charge in [-0.05, 0) is 31.4 Å². The van der Waals surface area contributed by atoms with E-state index in [1.807, 2.05) is 19.1 Å². The summed E-state index contributed by atoms with van der Waals surface area (Å²) < 4.78 is 36.8. The smallest absolute Gasteiger partial charge is 0.477 e. The van der Waals surface area contributed by atoms with Crippen LogP contribution in [0.25, 0.3) is 10.4 Å². The van der Waals surface area contributed by atoms with Gasteiger partial charge in [-0.15, -0.1) is 11.3 Å². The number of aliphatic carboxylic acids is 1. The van der Waals surface area contributed by atoms with Crippen LogP contribution in [0.4, 0.5) is 4.79 Å². The van der Waals surface area contributed by atoms with Crippen molar-refractivity contribution in [1.29, 1.82) is 0 Å². The van der Waals surface area contributed by atoms with Gasteiger partial charge in [0.05, 0.1) is 29.5 Å². The number of hydrogen-bond acceptors (Lipinski definition) is 10. The lowest BCUT2D eigenvalue weighted by Gasteiger charge is -2.50. The van der Waals surface area contributed by atoms with Crippen molar-refractivity contribution < 1.29 is 42.5 Å². The van der Waals surface area contributed by atoms with E-state index in [0.717, 1.165) is 23.2 Å². The molecule has 5 rings (SSSR count). The number of nitrogens with zero attached hydrogens (tertiary/aromatic N) is 3. The van der Waals surface area contributed by atoms with Crippen molar-refractivity contribution in [3.05, 3.63) is 52.9 Å². The number of aliphatic hydroxyl groups is 1. The van der Waals surface area contributed by atoms with E-state index in [1.54, 1.807) is 25.3 Å². The molecule has 2 aliphatic rings. The van der Waals surface area contributed by atoms with Crippen LogP contribution < -0.4 is 4.74 Å². The Bertz CT molecular complexity index is 1710. The predicted octanol–water partition coefficient (Wildman–Crippen LogP) is 2.99. The first kappa shape index (κ1) is 28.8. The molecule has 1 unspecified atom stereocenters. The monoisotopic (exact) mass is 603 g/mol. The minimum absolute atomic E-state index is 0.0886. The zero-order valence-electron chi connectivity index (χ0n) is 22.7. The molecule has 218 valence electrons. The summed E-state index contributed by atoms with van der Waals surface area (Å²) >= 11 is 1.03. The topological polar surface area (TPSA) is 165 Å². The lowest BCUT2D eigenvalue weighted by Crippen LogP contribution is -2.66. The Labute approximate surface area is 239 Å². The molecule has 2 aromatic heterocycles. The molecule has 1 amide bonds. The molecule has 1 aromatic carbocycles.